The fourth-order valence-electron chi connectivity index (χ4n) is 4.10. The molecule has 11 heteroatoms. The van der Waals surface area contributed by atoms with Gasteiger partial charge in [-0.2, -0.15) is 0 Å². The maximum Gasteiger partial charge on any atom is 0.408 e. The van der Waals surface area contributed by atoms with Gasteiger partial charge >= 0.3 is 30.0 Å². The van der Waals surface area contributed by atoms with Gasteiger partial charge in [-0.05, 0) is 99.1 Å². The van der Waals surface area contributed by atoms with Crippen LogP contribution in [0.1, 0.15) is 92.1 Å². The molecule has 0 heterocycles. The lowest BCUT2D eigenvalue weighted by atomic mass is 9.77. The first-order valence-corrected chi connectivity index (χ1v) is 15.0. The van der Waals surface area contributed by atoms with Gasteiger partial charge in [-0.3, -0.25) is 9.59 Å². The van der Waals surface area contributed by atoms with Crippen LogP contribution in [0.15, 0.2) is 48.5 Å². The Balaban J connectivity index is 2.63. The second kappa shape index (κ2) is 14.3. The molecule has 11 nitrogen and oxygen atoms in total. The normalized spacial score (nSPS) is 14.6. The third kappa shape index (κ3) is 10.3. The van der Waals surface area contributed by atoms with Gasteiger partial charge in [0.05, 0.1) is 16.4 Å². The second-order valence-electron chi connectivity index (χ2n) is 14.4. The van der Waals surface area contributed by atoms with E-state index in [9.17, 15) is 29.1 Å². The summed E-state index contributed by atoms with van der Waals surface area (Å²) in [6.07, 6.45) is -2.37. The summed E-state index contributed by atoms with van der Waals surface area (Å²) in [5.74, 6) is -4.47. The average Bonchev–Trinajstić information content (AvgIpc) is 2.91. The van der Waals surface area contributed by atoms with Crippen LogP contribution in [0.2, 0.25) is 0 Å². The predicted octanol–water partition coefficient (Wildman–Crippen LogP) is 6.36. The van der Waals surface area contributed by atoms with Crippen molar-refractivity contribution in [2.45, 2.75) is 99.8 Å². The number of rotatable bonds is 10. The summed E-state index contributed by atoms with van der Waals surface area (Å²) in [5, 5.41) is 13.3. The fraction of sp³-hybridized carbons (Fsp3) is 0.514. The van der Waals surface area contributed by atoms with E-state index in [1.54, 1.807) is 92.6 Å². The number of ether oxygens (including phenoxy) is 4. The van der Waals surface area contributed by atoms with Crippen molar-refractivity contribution in [2.24, 2.45) is 16.7 Å². The molecule has 2 rings (SSSR count). The quantitative estimate of drug-likeness (QED) is 0.221. The second-order valence-corrected chi connectivity index (χ2v) is 14.4. The molecule has 0 radical (unpaired) electrons. The minimum absolute atomic E-state index is 0.0412. The number of aliphatic carboxylic acids is 1. The molecule has 0 bridgehead atoms. The van der Waals surface area contributed by atoms with Crippen LogP contribution in [-0.2, 0) is 30.3 Å². The summed E-state index contributed by atoms with van der Waals surface area (Å²) < 4.78 is 22.3. The number of nitrogens with one attached hydrogen (secondary N) is 1. The molecule has 0 unspecified atom stereocenters. The van der Waals surface area contributed by atoms with Crippen molar-refractivity contribution < 1.29 is 48.0 Å². The number of carboxylic acids is 1. The molecule has 46 heavy (non-hydrogen) atoms. The topological polar surface area (TPSA) is 155 Å². The van der Waals surface area contributed by atoms with Gasteiger partial charge in [0, 0.05) is 12.3 Å². The van der Waals surface area contributed by atoms with Crippen molar-refractivity contribution >= 4 is 30.0 Å². The number of hydrogen-bond acceptors (Lipinski definition) is 9. The molecular weight excluding hydrogens is 594 g/mol. The van der Waals surface area contributed by atoms with E-state index in [4.69, 9.17) is 18.9 Å². The molecule has 3 atom stereocenters. The van der Waals surface area contributed by atoms with Crippen molar-refractivity contribution in [3.05, 3.63) is 59.7 Å². The maximum absolute atomic E-state index is 13.2. The zero-order chi connectivity index (χ0) is 35.3. The number of hydrogen-bond donors (Lipinski definition) is 2. The molecule has 2 aromatic carbocycles. The molecule has 0 aromatic heterocycles. The zero-order valence-corrected chi connectivity index (χ0v) is 28.6. The summed E-state index contributed by atoms with van der Waals surface area (Å²) in [7, 11) is 0. The molecule has 0 spiro atoms. The molecule has 0 saturated heterocycles. The Morgan fingerprint density at radius 1 is 0.761 bits per heavy atom. The maximum atomic E-state index is 13.2. The Hall–Kier alpha value is -4.41. The first-order chi connectivity index (χ1) is 21.0. The monoisotopic (exact) mass is 641 g/mol. The summed E-state index contributed by atoms with van der Waals surface area (Å²) >= 11 is 0. The summed E-state index contributed by atoms with van der Waals surface area (Å²) in [4.78, 5) is 64.8. The van der Waals surface area contributed by atoms with Crippen molar-refractivity contribution in [3.8, 4) is 11.5 Å². The molecule has 1 amide bonds. The Bertz CT molecular complexity index is 1430. The lowest BCUT2D eigenvalue weighted by molar-refractivity contribution is -0.149. The van der Waals surface area contributed by atoms with Gasteiger partial charge in [0.2, 0.25) is 0 Å². The molecule has 252 valence electrons. The highest BCUT2D eigenvalue weighted by atomic mass is 16.6. The van der Waals surface area contributed by atoms with Gasteiger partial charge in [0.25, 0.3) is 0 Å². The Kier molecular flexibility index (Phi) is 11.8. The van der Waals surface area contributed by atoms with Crippen molar-refractivity contribution in [1.29, 1.82) is 0 Å². The first-order valence-electron chi connectivity index (χ1n) is 15.0. The molecule has 0 aliphatic rings. The van der Waals surface area contributed by atoms with Gasteiger partial charge in [0.1, 0.15) is 11.7 Å². The molecule has 2 aromatic rings. The van der Waals surface area contributed by atoms with E-state index in [0.717, 1.165) is 0 Å². The fourth-order valence-corrected chi connectivity index (χ4v) is 4.10. The molecule has 0 saturated carbocycles. The minimum Gasteiger partial charge on any atom is -0.479 e. The van der Waals surface area contributed by atoms with E-state index in [2.05, 4.69) is 5.32 Å². The third-order valence-electron chi connectivity index (χ3n) is 7.01. The van der Waals surface area contributed by atoms with Crippen LogP contribution in [-0.4, -0.2) is 52.3 Å². The number of alkyl carbamates (subject to hydrolysis) is 1. The SMILES string of the molecule is C[C@H]([C@@H](C)OC(=O)c1ccccc1)[C@](Cc1ccc(OC(=O)C(C)(C)C)c(OC(=O)C(C)(C)C)c1)(NC(=O)OC(C)(C)C)C(=O)O. The van der Waals surface area contributed by atoms with Crippen molar-refractivity contribution in [3.63, 3.8) is 0 Å². The van der Waals surface area contributed by atoms with Crippen LogP contribution in [0, 0.1) is 16.7 Å². The van der Waals surface area contributed by atoms with Crippen LogP contribution in [0.5, 0.6) is 11.5 Å². The largest absolute Gasteiger partial charge is 0.479 e. The van der Waals surface area contributed by atoms with Gasteiger partial charge in [-0.25, -0.2) is 14.4 Å². The average molecular weight is 642 g/mol. The number of carbonyl (C=O) groups is 5. The van der Waals surface area contributed by atoms with E-state index in [1.165, 1.54) is 32.0 Å². The Morgan fingerprint density at radius 3 is 1.76 bits per heavy atom. The van der Waals surface area contributed by atoms with E-state index in [-0.39, 0.29) is 23.5 Å². The van der Waals surface area contributed by atoms with Crippen LogP contribution in [0.4, 0.5) is 4.79 Å². The number of amides is 1. The Morgan fingerprint density at radius 2 is 1.28 bits per heavy atom. The number of carboxylic acid groups (broad SMARTS) is 1. The molecule has 0 fully saturated rings. The first kappa shape index (κ1) is 37.8. The van der Waals surface area contributed by atoms with Gasteiger partial charge in [0.15, 0.2) is 17.0 Å². The van der Waals surface area contributed by atoms with Crippen molar-refractivity contribution in [1.82, 2.24) is 5.32 Å². The number of esters is 3. The van der Waals surface area contributed by atoms with Gasteiger partial charge in [-0.1, -0.05) is 31.2 Å². The van der Waals surface area contributed by atoms with E-state index >= 15 is 0 Å². The smallest absolute Gasteiger partial charge is 0.408 e. The van der Waals surface area contributed by atoms with Crippen LogP contribution in [0.3, 0.4) is 0 Å². The number of carbonyl (C=O) groups excluding carboxylic acids is 4. The van der Waals surface area contributed by atoms with Gasteiger partial charge in [-0.15, -0.1) is 0 Å². The molecule has 0 aliphatic carbocycles. The van der Waals surface area contributed by atoms with Crippen molar-refractivity contribution in [2.75, 3.05) is 0 Å². The van der Waals surface area contributed by atoms with Crippen LogP contribution >= 0.6 is 0 Å². The van der Waals surface area contributed by atoms with Crippen LogP contribution < -0.4 is 14.8 Å². The highest BCUT2D eigenvalue weighted by Crippen LogP contribution is 2.36. The Labute approximate surface area is 270 Å². The van der Waals surface area contributed by atoms with E-state index in [1.807, 2.05) is 0 Å². The summed E-state index contributed by atoms with van der Waals surface area (Å²) in [6, 6.07) is 12.5. The van der Waals surface area contributed by atoms with E-state index in [0.29, 0.717) is 5.56 Å². The highest BCUT2D eigenvalue weighted by molar-refractivity contribution is 5.90. The van der Waals surface area contributed by atoms with Crippen LogP contribution in [0.25, 0.3) is 0 Å². The number of benzene rings is 2. The lowest BCUT2D eigenvalue weighted by Gasteiger charge is -2.39. The predicted molar refractivity (Wildman–Crippen MR) is 171 cm³/mol. The van der Waals surface area contributed by atoms with Gasteiger partial charge < -0.3 is 29.4 Å². The standard InChI is InChI=1S/C35H47NO10/c1-21(22(2)43-27(37)24-15-13-12-14-16-24)35(28(38)39,36-31(42)46-34(9,10)11)20-23-17-18-25(44-29(40)32(3,4)5)26(19-23)45-30(41)33(6,7)8/h12-19,21-22H,20H2,1-11H3,(H,36,42)(H,38,39)/t21-,22-,35+/m1/s1. The molecule has 2 N–H and O–H groups in total. The summed E-state index contributed by atoms with van der Waals surface area (Å²) in [6.45, 7) is 17.9. The third-order valence-corrected chi connectivity index (χ3v) is 7.01. The summed E-state index contributed by atoms with van der Waals surface area (Å²) in [5.41, 5.74) is -4.25. The highest BCUT2D eigenvalue weighted by Gasteiger charge is 2.49. The minimum atomic E-state index is -2.09. The van der Waals surface area contributed by atoms with E-state index < -0.39 is 64.0 Å². The zero-order valence-electron chi connectivity index (χ0n) is 28.6. The molecule has 0 aliphatic heterocycles. The lowest BCUT2D eigenvalue weighted by Crippen LogP contribution is -2.63. The molecular formula is C35H47NO10.